The van der Waals surface area contributed by atoms with E-state index in [1.807, 2.05) is 0 Å². The first-order chi connectivity index (χ1) is 10.3. The van der Waals surface area contributed by atoms with Crippen LogP contribution in [0.1, 0.15) is 66.2 Å². The van der Waals surface area contributed by atoms with E-state index in [-0.39, 0.29) is 5.41 Å². The lowest BCUT2D eigenvalue weighted by Crippen LogP contribution is -2.54. The molecule has 0 bridgehead atoms. The van der Waals surface area contributed by atoms with Crippen LogP contribution in [0.3, 0.4) is 0 Å². The maximum Gasteiger partial charge on any atom is 0.0689 e. The van der Waals surface area contributed by atoms with Crippen molar-refractivity contribution in [2.24, 2.45) is 46.3 Å². The third kappa shape index (κ3) is 1.95. The van der Waals surface area contributed by atoms with Crippen molar-refractivity contribution >= 4 is 0 Å². The van der Waals surface area contributed by atoms with Gasteiger partial charge in [-0.3, -0.25) is 0 Å². The van der Waals surface area contributed by atoms with E-state index in [1.54, 1.807) is 5.57 Å². The number of nitrogens with zero attached hydrogens (tertiary/aromatic N) is 1. The Morgan fingerprint density at radius 3 is 2.73 bits per heavy atom. The molecular formula is C21H31N. The van der Waals surface area contributed by atoms with Crippen molar-refractivity contribution in [2.75, 3.05) is 0 Å². The molecule has 0 heterocycles. The first-order valence-corrected chi connectivity index (χ1v) is 9.47. The van der Waals surface area contributed by atoms with Gasteiger partial charge in [-0.05, 0) is 86.4 Å². The van der Waals surface area contributed by atoms with Crippen LogP contribution in [0, 0.1) is 57.7 Å². The molecule has 0 aromatic carbocycles. The summed E-state index contributed by atoms with van der Waals surface area (Å²) in [5.41, 5.74) is 2.12. The summed E-state index contributed by atoms with van der Waals surface area (Å²) in [5.74, 6) is 4.92. The molecule has 3 fully saturated rings. The van der Waals surface area contributed by atoms with Gasteiger partial charge in [0, 0.05) is 0 Å². The summed E-state index contributed by atoms with van der Waals surface area (Å²) in [7, 11) is 0. The Kier molecular flexibility index (Phi) is 3.11. The second-order valence-electron chi connectivity index (χ2n) is 9.87. The summed E-state index contributed by atoms with van der Waals surface area (Å²) in [5, 5.41) is 9.84. The second-order valence-corrected chi connectivity index (χ2v) is 9.87. The van der Waals surface area contributed by atoms with Gasteiger partial charge in [0.2, 0.25) is 0 Å². The molecule has 120 valence electrons. The molecule has 0 saturated heterocycles. The van der Waals surface area contributed by atoms with Gasteiger partial charge in [0.15, 0.2) is 0 Å². The van der Waals surface area contributed by atoms with Gasteiger partial charge in [-0.2, -0.15) is 5.26 Å². The van der Waals surface area contributed by atoms with Crippen LogP contribution in [0.2, 0.25) is 0 Å². The van der Waals surface area contributed by atoms with Crippen LogP contribution in [-0.2, 0) is 0 Å². The molecule has 0 N–H and O–H groups in total. The van der Waals surface area contributed by atoms with Crippen LogP contribution in [0.4, 0.5) is 0 Å². The Labute approximate surface area is 136 Å². The Balaban J connectivity index is 1.79. The summed E-state index contributed by atoms with van der Waals surface area (Å²) in [6, 6.07) is 2.75. The van der Waals surface area contributed by atoms with Gasteiger partial charge in [-0.1, -0.05) is 32.4 Å². The van der Waals surface area contributed by atoms with Crippen LogP contribution in [0.15, 0.2) is 11.6 Å². The number of nitriles is 1. The highest BCUT2D eigenvalue weighted by Crippen LogP contribution is 2.65. The molecule has 4 rings (SSSR count). The molecule has 0 radical (unpaired) electrons. The zero-order valence-electron chi connectivity index (χ0n) is 14.7. The lowest BCUT2D eigenvalue weighted by atomic mass is 9.43. The topological polar surface area (TPSA) is 23.8 Å². The molecule has 1 heteroatoms. The van der Waals surface area contributed by atoms with Crippen LogP contribution in [0.5, 0.6) is 0 Å². The van der Waals surface area contributed by atoms with Crippen molar-refractivity contribution < 1.29 is 0 Å². The molecule has 0 amide bonds. The monoisotopic (exact) mass is 297 g/mol. The molecule has 3 saturated carbocycles. The summed E-state index contributed by atoms with van der Waals surface area (Å²) in [6.07, 6.45) is 10.4. The Morgan fingerprint density at radius 2 is 2.00 bits per heavy atom. The standard InChI is InChI=1S/C21H31N/c1-13-9-15-11-20(2,3)10-14-5-6-17-19(18(14)15)16(13)7-8-21(17,4)12-22/h10,13,15-19H,5-9,11H2,1-4H3/t13-,15-,16+,17-,18-,19+,21+/m0/s1. The summed E-state index contributed by atoms with van der Waals surface area (Å²) < 4.78 is 0. The van der Waals surface area contributed by atoms with E-state index < -0.39 is 0 Å². The molecule has 0 unspecified atom stereocenters. The molecule has 0 aromatic heterocycles. The van der Waals surface area contributed by atoms with E-state index in [0.29, 0.717) is 11.3 Å². The van der Waals surface area contributed by atoms with E-state index in [9.17, 15) is 5.26 Å². The average molecular weight is 297 g/mol. The van der Waals surface area contributed by atoms with Crippen molar-refractivity contribution in [3.8, 4) is 6.07 Å². The minimum atomic E-state index is -0.0543. The van der Waals surface area contributed by atoms with Crippen molar-refractivity contribution in [1.82, 2.24) is 0 Å². The molecule has 0 spiro atoms. The van der Waals surface area contributed by atoms with Crippen LogP contribution in [-0.4, -0.2) is 0 Å². The molecule has 22 heavy (non-hydrogen) atoms. The second kappa shape index (κ2) is 4.62. The lowest BCUT2D eigenvalue weighted by molar-refractivity contribution is -0.0808. The third-order valence-electron chi connectivity index (χ3n) is 7.89. The van der Waals surface area contributed by atoms with Gasteiger partial charge in [0.05, 0.1) is 11.5 Å². The van der Waals surface area contributed by atoms with Gasteiger partial charge in [0.25, 0.3) is 0 Å². The van der Waals surface area contributed by atoms with Crippen LogP contribution < -0.4 is 0 Å². The highest BCUT2D eigenvalue weighted by atomic mass is 14.6. The van der Waals surface area contributed by atoms with Gasteiger partial charge >= 0.3 is 0 Å². The zero-order valence-corrected chi connectivity index (χ0v) is 14.7. The zero-order chi connectivity index (χ0) is 15.7. The Bertz CT molecular complexity index is 551. The summed E-state index contributed by atoms with van der Waals surface area (Å²) in [6.45, 7) is 9.63. The average Bonchev–Trinajstić information content (AvgIpc) is 2.45. The predicted molar refractivity (Wildman–Crippen MR) is 89.9 cm³/mol. The van der Waals surface area contributed by atoms with E-state index in [1.165, 1.54) is 32.1 Å². The molecule has 1 nitrogen and oxygen atoms in total. The number of allylic oxidation sites excluding steroid dienone is 2. The van der Waals surface area contributed by atoms with E-state index in [0.717, 1.165) is 36.0 Å². The Hall–Kier alpha value is -0.770. The highest BCUT2D eigenvalue weighted by Gasteiger charge is 2.58. The molecule has 4 aliphatic carbocycles. The lowest BCUT2D eigenvalue weighted by Gasteiger charge is -2.61. The minimum absolute atomic E-state index is 0.0543. The minimum Gasteiger partial charge on any atom is -0.198 e. The van der Waals surface area contributed by atoms with Gasteiger partial charge in [-0.15, -0.1) is 0 Å². The Morgan fingerprint density at radius 1 is 1.23 bits per heavy atom. The molecule has 0 aromatic rings. The van der Waals surface area contributed by atoms with E-state index in [2.05, 4.69) is 39.8 Å². The predicted octanol–water partition coefficient (Wildman–Crippen LogP) is 5.58. The van der Waals surface area contributed by atoms with Crippen molar-refractivity contribution in [3.63, 3.8) is 0 Å². The maximum absolute atomic E-state index is 9.84. The van der Waals surface area contributed by atoms with Gasteiger partial charge < -0.3 is 0 Å². The fraction of sp³-hybridized carbons (Fsp3) is 0.857. The normalized spacial score (nSPS) is 52.2. The van der Waals surface area contributed by atoms with Crippen molar-refractivity contribution in [3.05, 3.63) is 11.6 Å². The van der Waals surface area contributed by atoms with E-state index >= 15 is 0 Å². The first kappa shape index (κ1) is 14.8. The van der Waals surface area contributed by atoms with Crippen LogP contribution in [0.25, 0.3) is 0 Å². The molecule has 4 aliphatic rings. The maximum atomic E-state index is 9.84. The quantitative estimate of drug-likeness (QED) is 0.535. The summed E-state index contributed by atoms with van der Waals surface area (Å²) in [4.78, 5) is 0. The number of hydrogen-bond donors (Lipinski definition) is 0. The summed E-state index contributed by atoms with van der Waals surface area (Å²) >= 11 is 0. The van der Waals surface area contributed by atoms with Crippen molar-refractivity contribution in [1.29, 1.82) is 5.26 Å². The smallest absolute Gasteiger partial charge is 0.0689 e. The van der Waals surface area contributed by atoms with E-state index in [4.69, 9.17) is 0 Å². The first-order valence-electron chi connectivity index (χ1n) is 9.47. The highest BCUT2D eigenvalue weighted by molar-refractivity contribution is 5.26. The molecule has 7 atom stereocenters. The number of rotatable bonds is 0. The van der Waals surface area contributed by atoms with Crippen molar-refractivity contribution in [2.45, 2.75) is 66.2 Å². The molecule has 0 aliphatic heterocycles. The molecular weight excluding hydrogens is 266 g/mol. The number of hydrogen-bond acceptors (Lipinski definition) is 1. The fourth-order valence-corrected chi connectivity index (χ4v) is 7.17. The van der Waals surface area contributed by atoms with Gasteiger partial charge in [0.1, 0.15) is 0 Å². The van der Waals surface area contributed by atoms with Crippen LogP contribution >= 0.6 is 0 Å². The SMILES string of the molecule is C[C@H]1C[C@H]2CC(C)(C)C=C3CC[C@H]4[C@@H]([C@@H]1CC[C@]4(C)C#N)[C@@H]32. The van der Waals surface area contributed by atoms with Gasteiger partial charge in [-0.25, -0.2) is 0 Å². The fourth-order valence-electron chi connectivity index (χ4n) is 7.17. The third-order valence-corrected chi connectivity index (χ3v) is 7.89. The largest absolute Gasteiger partial charge is 0.198 e.